The van der Waals surface area contributed by atoms with E-state index in [0.29, 0.717) is 44.8 Å². The van der Waals surface area contributed by atoms with Gasteiger partial charge in [0, 0.05) is 38.5 Å². The van der Waals surface area contributed by atoms with E-state index in [1.165, 1.54) is 31.2 Å². The summed E-state index contributed by atoms with van der Waals surface area (Å²) in [4.78, 5) is 25.0. The van der Waals surface area contributed by atoms with Crippen molar-refractivity contribution in [3.8, 4) is 0 Å². The number of carbonyl (C=O) groups is 2. The van der Waals surface area contributed by atoms with Crippen LogP contribution in [0.2, 0.25) is 0 Å². The third kappa shape index (κ3) is 4.83. The van der Waals surface area contributed by atoms with Gasteiger partial charge in [-0.25, -0.2) is 13.1 Å². The Morgan fingerprint density at radius 1 is 1.11 bits per heavy atom. The summed E-state index contributed by atoms with van der Waals surface area (Å²) in [6.07, 6.45) is 1.16. The van der Waals surface area contributed by atoms with Crippen LogP contribution in [0.1, 0.15) is 19.8 Å². The molecule has 148 valence electrons. The largest absolute Gasteiger partial charge is 0.347 e. The number of ether oxygens (including phenoxy) is 2. The second-order valence-corrected chi connectivity index (χ2v) is 8.29. The highest BCUT2D eigenvalue weighted by molar-refractivity contribution is 7.89. The monoisotopic (exact) mass is 397 g/mol. The van der Waals surface area contributed by atoms with Crippen LogP contribution < -0.4 is 10.0 Å². The molecule has 10 heteroatoms. The van der Waals surface area contributed by atoms with Crippen LogP contribution in [0.15, 0.2) is 29.2 Å². The first-order valence-corrected chi connectivity index (χ1v) is 10.2. The zero-order valence-corrected chi connectivity index (χ0v) is 15.9. The van der Waals surface area contributed by atoms with Crippen LogP contribution in [0.3, 0.4) is 0 Å². The lowest BCUT2D eigenvalue weighted by molar-refractivity contribution is -0.187. The molecule has 1 aromatic rings. The van der Waals surface area contributed by atoms with Gasteiger partial charge >= 0.3 is 0 Å². The molecule has 3 rings (SSSR count). The summed E-state index contributed by atoms with van der Waals surface area (Å²) in [5.74, 6) is -1.11. The molecule has 0 aromatic heterocycles. The fraction of sp³-hybridized carbons (Fsp3) is 0.529. The smallest absolute Gasteiger partial charge is 0.241 e. The summed E-state index contributed by atoms with van der Waals surface area (Å²) in [5.41, 5.74) is 0.496. The van der Waals surface area contributed by atoms with Crippen LogP contribution >= 0.6 is 0 Å². The van der Waals surface area contributed by atoms with Crippen molar-refractivity contribution in [1.29, 1.82) is 0 Å². The van der Waals surface area contributed by atoms with Gasteiger partial charge < -0.3 is 19.7 Å². The molecular weight excluding hydrogens is 374 g/mol. The summed E-state index contributed by atoms with van der Waals surface area (Å²) in [5, 5.41) is 2.56. The van der Waals surface area contributed by atoms with Gasteiger partial charge in [0.25, 0.3) is 0 Å². The highest BCUT2D eigenvalue weighted by atomic mass is 32.2. The van der Waals surface area contributed by atoms with Gasteiger partial charge in [0.2, 0.25) is 21.8 Å². The topological polar surface area (TPSA) is 114 Å². The molecular formula is C17H23N3O6S. The third-order valence-corrected chi connectivity index (χ3v) is 6.01. The number of piperidine rings is 1. The first-order valence-electron chi connectivity index (χ1n) is 8.73. The maximum Gasteiger partial charge on any atom is 0.241 e. The van der Waals surface area contributed by atoms with E-state index in [1.54, 1.807) is 4.90 Å². The summed E-state index contributed by atoms with van der Waals surface area (Å²) < 4.78 is 38.3. The minimum absolute atomic E-state index is 0.0229. The van der Waals surface area contributed by atoms with Crippen LogP contribution in [0, 0.1) is 0 Å². The standard InChI is InChI=1S/C17H23N3O6S/c1-13(21)19-14-2-4-15(5-3-14)27(23,24)18-12-16(22)20-8-6-17(7-9-20)25-10-11-26-17/h2-5,18H,6-12H2,1H3,(H,19,21). The van der Waals surface area contributed by atoms with Crippen LogP contribution in [-0.2, 0) is 29.1 Å². The second-order valence-electron chi connectivity index (χ2n) is 6.52. The Kier molecular flexibility index (Phi) is 5.80. The van der Waals surface area contributed by atoms with Gasteiger partial charge in [-0.15, -0.1) is 0 Å². The average molecular weight is 397 g/mol. The van der Waals surface area contributed by atoms with Crippen LogP contribution in [0.5, 0.6) is 0 Å². The van der Waals surface area contributed by atoms with Crippen molar-refractivity contribution in [2.24, 2.45) is 0 Å². The zero-order valence-electron chi connectivity index (χ0n) is 15.1. The number of hydrogen-bond donors (Lipinski definition) is 2. The molecule has 0 radical (unpaired) electrons. The first-order chi connectivity index (χ1) is 12.8. The maximum absolute atomic E-state index is 12.3. The van der Waals surface area contributed by atoms with Crippen molar-refractivity contribution < 1.29 is 27.5 Å². The molecule has 2 amide bonds. The highest BCUT2D eigenvalue weighted by Gasteiger charge is 2.40. The zero-order chi connectivity index (χ0) is 19.5. The Labute approximate surface area is 158 Å². The number of benzene rings is 1. The quantitative estimate of drug-likeness (QED) is 0.738. The number of sulfonamides is 1. The molecule has 2 N–H and O–H groups in total. The van der Waals surface area contributed by atoms with E-state index in [0.717, 1.165) is 0 Å². The molecule has 27 heavy (non-hydrogen) atoms. The second kappa shape index (κ2) is 7.93. The number of anilines is 1. The summed E-state index contributed by atoms with van der Waals surface area (Å²) in [6, 6.07) is 5.72. The van der Waals surface area contributed by atoms with Gasteiger partial charge in [-0.3, -0.25) is 9.59 Å². The van der Waals surface area contributed by atoms with Crippen molar-refractivity contribution in [2.75, 3.05) is 38.2 Å². The van der Waals surface area contributed by atoms with Crippen LogP contribution in [-0.4, -0.2) is 63.8 Å². The molecule has 2 fully saturated rings. The highest BCUT2D eigenvalue weighted by Crippen LogP contribution is 2.31. The van der Waals surface area contributed by atoms with E-state index < -0.39 is 15.8 Å². The first kappa shape index (κ1) is 19.7. The molecule has 1 spiro atoms. The Hall–Kier alpha value is -2.01. The van der Waals surface area contributed by atoms with Gasteiger partial charge in [-0.1, -0.05) is 0 Å². The van der Waals surface area contributed by atoms with Gasteiger partial charge in [-0.2, -0.15) is 0 Å². The molecule has 0 saturated carbocycles. The van der Waals surface area contributed by atoms with E-state index in [9.17, 15) is 18.0 Å². The van der Waals surface area contributed by atoms with Gasteiger partial charge in [0.05, 0.1) is 24.7 Å². The number of rotatable bonds is 5. The predicted molar refractivity (Wildman–Crippen MR) is 96.4 cm³/mol. The number of likely N-dealkylation sites (tertiary alicyclic amines) is 1. The Bertz CT molecular complexity index is 792. The molecule has 0 atom stereocenters. The SMILES string of the molecule is CC(=O)Nc1ccc(S(=O)(=O)NCC(=O)N2CCC3(CC2)OCCO3)cc1. The summed E-state index contributed by atoms with van der Waals surface area (Å²) >= 11 is 0. The number of nitrogens with one attached hydrogen (secondary N) is 2. The van der Waals surface area contributed by atoms with Gasteiger partial charge in [-0.05, 0) is 24.3 Å². The van der Waals surface area contributed by atoms with E-state index >= 15 is 0 Å². The molecule has 2 aliphatic rings. The van der Waals surface area contributed by atoms with E-state index in [-0.39, 0.29) is 23.3 Å². The van der Waals surface area contributed by atoms with Gasteiger partial charge in [0.1, 0.15) is 0 Å². The van der Waals surface area contributed by atoms with Crippen LogP contribution in [0.25, 0.3) is 0 Å². The maximum atomic E-state index is 12.3. The molecule has 0 unspecified atom stereocenters. The number of hydrogen-bond acceptors (Lipinski definition) is 6. The fourth-order valence-corrected chi connectivity index (χ4v) is 4.13. The normalized spacial score (nSPS) is 19.2. The lowest BCUT2D eigenvalue weighted by Crippen LogP contribution is -2.49. The minimum Gasteiger partial charge on any atom is -0.347 e. The summed E-state index contributed by atoms with van der Waals surface area (Å²) in [6.45, 7) is 3.11. The molecule has 2 saturated heterocycles. The molecule has 0 aliphatic carbocycles. The number of carbonyl (C=O) groups excluding carboxylic acids is 2. The minimum atomic E-state index is -3.82. The van der Waals surface area contributed by atoms with Gasteiger partial charge in [0.15, 0.2) is 5.79 Å². The van der Waals surface area contributed by atoms with E-state index in [2.05, 4.69) is 10.0 Å². The van der Waals surface area contributed by atoms with Crippen molar-refractivity contribution >= 4 is 27.5 Å². The van der Waals surface area contributed by atoms with E-state index in [4.69, 9.17) is 9.47 Å². The Balaban J connectivity index is 1.52. The van der Waals surface area contributed by atoms with E-state index in [1.807, 2.05) is 0 Å². The van der Waals surface area contributed by atoms with Crippen LogP contribution in [0.4, 0.5) is 5.69 Å². The van der Waals surface area contributed by atoms with Crippen molar-refractivity contribution in [3.63, 3.8) is 0 Å². The van der Waals surface area contributed by atoms with Crippen molar-refractivity contribution in [2.45, 2.75) is 30.4 Å². The molecule has 1 aromatic carbocycles. The van der Waals surface area contributed by atoms with Crippen molar-refractivity contribution in [1.82, 2.24) is 9.62 Å². The number of amides is 2. The molecule has 2 heterocycles. The Morgan fingerprint density at radius 3 is 2.26 bits per heavy atom. The lowest BCUT2D eigenvalue weighted by Gasteiger charge is -2.37. The Morgan fingerprint density at radius 2 is 1.70 bits per heavy atom. The number of nitrogens with zero attached hydrogens (tertiary/aromatic N) is 1. The summed E-state index contributed by atoms with van der Waals surface area (Å²) in [7, 11) is -3.82. The molecule has 9 nitrogen and oxygen atoms in total. The lowest BCUT2D eigenvalue weighted by atomic mass is 10.0. The van der Waals surface area contributed by atoms with Crippen molar-refractivity contribution in [3.05, 3.63) is 24.3 Å². The predicted octanol–water partition coefficient (Wildman–Crippen LogP) is 0.289. The third-order valence-electron chi connectivity index (χ3n) is 4.59. The molecule has 2 aliphatic heterocycles. The fourth-order valence-electron chi connectivity index (χ4n) is 3.16. The average Bonchev–Trinajstić information content (AvgIpc) is 3.08. The molecule has 0 bridgehead atoms.